The van der Waals surface area contributed by atoms with Gasteiger partial charge in [-0.25, -0.2) is 18.3 Å². The molecule has 6 unspecified atom stereocenters. The lowest BCUT2D eigenvalue weighted by molar-refractivity contribution is -0.660. The highest BCUT2D eigenvalue weighted by atomic mass is 14.9. The Morgan fingerprint density at radius 3 is 0.970 bits per heavy atom. The molecular weight excluding hydrogens is 1210 g/mol. The number of hydrogen-bond donors (Lipinski definition) is 0. The molecule has 12 aromatic rings. The number of nitrogens with zero attached hydrogens (tertiary/aromatic N) is 4. The SMILES string of the molecule is Cc1ccccc1-c1cc(-c2cccc(C3C4CCC3C4)c2)cc[n+]1C.[2H]C([2H])([2H])c1cc(-c2cc[n+](C)c(-c3ccccc3C)c2)ccc1C.[2H]C1(c2ccc(-c3cc[n+](C)c(-c4ccccc4C)c3)cc2)C2CCC1C2.[2H]C1(c2cccc(-c3cc[n+](C)c(-c4ccccc4C)c3)c2)C2CCC1C2. The van der Waals surface area contributed by atoms with Crippen molar-refractivity contribution in [2.75, 3.05) is 0 Å². The molecule has 4 nitrogen and oxygen atoms in total. The van der Waals surface area contributed by atoms with Crippen LogP contribution in [0.25, 0.3) is 89.5 Å². The summed E-state index contributed by atoms with van der Waals surface area (Å²) in [4.78, 5) is 0. The summed E-state index contributed by atoms with van der Waals surface area (Å²) < 4.78 is 49.9. The maximum atomic E-state index is 9.07. The predicted molar refractivity (Wildman–Crippen MR) is 413 cm³/mol. The van der Waals surface area contributed by atoms with Gasteiger partial charge in [-0.05, 0) is 271 Å². The Morgan fingerprint density at radius 2 is 0.590 bits per heavy atom. The molecule has 21 rings (SSSR count). The van der Waals surface area contributed by atoms with E-state index in [-0.39, 0.29) is 11.8 Å². The van der Waals surface area contributed by atoms with Gasteiger partial charge in [-0.15, -0.1) is 0 Å². The molecule has 4 heteroatoms. The zero-order valence-electron chi connectivity index (χ0n) is 65.0. The number of hydrogen-bond acceptors (Lipinski definition) is 0. The first-order valence-electron chi connectivity index (χ1n) is 39.3. The van der Waals surface area contributed by atoms with Crippen molar-refractivity contribution in [3.8, 4) is 89.5 Å². The van der Waals surface area contributed by atoms with Gasteiger partial charge in [-0.2, -0.15) is 0 Å². The van der Waals surface area contributed by atoms with Crippen LogP contribution in [0.5, 0.6) is 0 Å². The van der Waals surface area contributed by atoms with Gasteiger partial charge in [0, 0.05) is 77.6 Å². The first-order valence-corrected chi connectivity index (χ1v) is 36.8. The van der Waals surface area contributed by atoms with Crippen LogP contribution in [0.2, 0.25) is 0 Å². The van der Waals surface area contributed by atoms with Crippen LogP contribution in [-0.2, 0) is 28.2 Å². The summed E-state index contributed by atoms with van der Waals surface area (Å²) in [6.07, 6.45) is 20.3. The van der Waals surface area contributed by atoms with Gasteiger partial charge in [0.25, 0.3) is 0 Å². The zero-order valence-corrected chi connectivity index (χ0v) is 60.0. The van der Waals surface area contributed by atoms with Crippen LogP contribution < -0.4 is 18.3 Å². The van der Waals surface area contributed by atoms with Crippen molar-refractivity contribution in [3.63, 3.8) is 0 Å². The van der Waals surface area contributed by atoms with Gasteiger partial charge in [-0.3, -0.25) is 0 Å². The molecule has 9 aliphatic carbocycles. The summed E-state index contributed by atoms with van der Waals surface area (Å²) in [7, 11) is 8.36. The standard InChI is InChI=1S/3C25H26N.C21H22N/c2*1-17-6-3-4-9-23(17)24-16-19(12-13-26(24)2)18-7-5-8-20(14-18)25-21-10-11-22(25)15-21;1-17-5-3-4-6-23(17)24-16-20(13-14-26(24)2)18-7-9-19(10-8-18)25-21-11-12-22(25)15-21;1-15-9-10-18(13-17(15)3)19-11-12-22(4)21(14-19)20-8-6-5-7-16(20)2/h2*3-9,12-14,16,21-22,25H,10-11,15H2,1-2H3;3-10,13-14,16,21-22,25H,11-12,15H2,1-2H3;5-14H,1-4H3/q4*+1/i25D;;25D;3D3. The van der Waals surface area contributed by atoms with Crippen molar-refractivity contribution >= 4 is 0 Å². The van der Waals surface area contributed by atoms with Crippen LogP contribution >= 0.6 is 0 Å². The average molecular weight is 1310 g/mol. The zero-order chi connectivity index (χ0) is 73.1. The monoisotopic (exact) mass is 1310 g/mol. The third kappa shape index (κ3) is 13.4. The lowest BCUT2D eigenvalue weighted by Crippen LogP contribution is -2.30. The molecule has 6 atom stereocenters. The van der Waals surface area contributed by atoms with E-state index in [1.54, 1.807) is 11.6 Å². The summed E-state index contributed by atoms with van der Waals surface area (Å²) in [6.45, 7) is 8.36. The Labute approximate surface area is 603 Å². The minimum Gasteiger partial charge on any atom is -0.201 e. The third-order valence-corrected chi connectivity index (χ3v) is 23.7. The van der Waals surface area contributed by atoms with Gasteiger partial charge in [0.1, 0.15) is 28.2 Å². The van der Waals surface area contributed by atoms with E-state index in [9.17, 15) is 0 Å². The topological polar surface area (TPSA) is 15.5 Å². The largest absolute Gasteiger partial charge is 0.213 e. The van der Waals surface area contributed by atoms with Crippen molar-refractivity contribution < 1.29 is 25.1 Å². The van der Waals surface area contributed by atoms with Crippen LogP contribution in [0.15, 0.2) is 261 Å². The van der Waals surface area contributed by atoms with Gasteiger partial charge in [0.05, 0.1) is 0 Å². The number of aromatic nitrogens is 4. The van der Waals surface area contributed by atoms with E-state index in [2.05, 4.69) is 286 Å². The number of rotatable bonds is 11. The van der Waals surface area contributed by atoms with Gasteiger partial charge >= 0.3 is 0 Å². The molecular formula is C96H100N4+4. The van der Waals surface area contributed by atoms with Crippen LogP contribution in [0, 0.1) is 77.0 Å². The van der Waals surface area contributed by atoms with Crippen molar-refractivity contribution in [2.45, 2.75) is 117 Å². The lowest BCUT2D eigenvalue weighted by Gasteiger charge is -2.36. The van der Waals surface area contributed by atoms with E-state index in [1.165, 1.54) is 164 Å². The molecule has 9 aliphatic rings. The van der Waals surface area contributed by atoms with Crippen LogP contribution in [-0.4, -0.2) is 0 Å². The maximum absolute atomic E-state index is 9.07. The molecule has 0 radical (unpaired) electrons. The summed E-state index contributed by atoms with van der Waals surface area (Å²) in [5, 5.41) is 0. The highest BCUT2D eigenvalue weighted by Gasteiger charge is 2.49. The molecule has 500 valence electrons. The van der Waals surface area contributed by atoms with E-state index >= 15 is 0 Å². The summed E-state index contributed by atoms with van der Waals surface area (Å²) in [6, 6.07) is 84.3. The van der Waals surface area contributed by atoms with Crippen LogP contribution in [0.4, 0.5) is 0 Å². The highest BCUT2D eigenvalue weighted by Crippen LogP contribution is 2.61. The summed E-state index contributed by atoms with van der Waals surface area (Å²) in [5.41, 5.74) is 29.7. The number of aryl methyl sites for hydroxylation is 10. The first-order chi connectivity index (χ1) is 50.6. The molecule has 4 heterocycles. The fraction of sp³-hybridized carbons (Fsp3) is 0.292. The van der Waals surface area contributed by atoms with E-state index in [0.717, 1.165) is 40.1 Å². The summed E-state index contributed by atoms with van der Waals surface area (Å²) >= 11 is 0. The molecule has 0 saturated heterocycles. The van der Waals surface area contributed by atoms with Crippen molar-refractivity contribution in [3.05, 3.63) is 311 Å². The van der Waals surface area contributed by atoms with Gasteiger partial charge in [0.2, 0.25) is 22.8 Å². The minimum atomic E-state index is -2.10. The molecule has 0 aliphatic heterocycles. The predicted octanol–water partition coefficient (Wildman–Crippen LogP) is 21.8. The molecule has 8 aromatic carbocycles. The maximum Gasteiger partial charge on any atom is 0.213 e. The Bertz CT molecular complexity index is 5180. The number of benzene rings is 8. The average Bonchev–Trinajstić information content (AvgIpc) is 1.59. The molecule has 9 saturated carbocycles. The quantitative estimate of drug-likeness (QED) is 0.115. The second kappa shape index (κ2) is 28.5. The van der Waals surface area contributed by atoms with E-state index in [0.29, 0.717) is 29.2 Å². The molecule has 0 N–H and O–H groups in total. The van der Waals surface area contributed by atoms with E-state index < -0.39 is 6.85 Å². The Balaban J connectivity index is 0.000000112. The van der Waals surface area contributed by atoms with E-state index in [1.807, 2.05) is 50.5 Å². The first kappa shape index (κ1) is 60.3. The lowest BCUT2D eigenvalue weighted by atomic mass is 9.68. The summed E-state index contributed by atoms with van der Waals surface area (Å²) in [5.74, 6) is 4.36. The van der Waals surface area contributed by atoms with Crippen molar-refractivity contribution in [1.82, 2.24) is 0 Å². The van der Waals surface area contributed by atoms with Crippen molar-refractivity contribution in [1.29, 1.82) is 0 Å². The Hall–Kier alpha value is -9.64. The third-order valence-electron chi connectivity index (χ3n) is 23.7. The van der Waals surface area contributed by atoms with E-state index in [4.69, 9.17) is 6.85 Å². The van der Waals surface area contributed by atoms with Crippen LogP contribution in [0.1, 0.15) is 132 Å². The fourth-order valence-electron chi connectivity index (χ4n) is 17.8. The molecule has 100 heavy (non-hydrogen) atoms. The fourth-order valence-corrected chi connectivity index (χ4v) is 17.8. The van der Waals surface area contributed by atoms with Gasteiger partial charge in [-0.1, -0.05) is 164 Å². The molecule has 0 amide bonds. The van der Waals surface area contributed by atoms with Crippen molar-refractivity contribution in [2.24, 2.45) is 63.7 Å². The molecule has 9 fully saturated rings. The number of pyridine rings is 4. The highest BCUT2D eigenvalue weighted by molar-refractivity contribution is 5.75. The van der Waals surface area contributed by atoms with Gasteiger partial charge < -0.3 is 0 Å². The molecule has 0 spiro atoms. The normalized spacial score (nSPS) is 23.2. The Kier molecular flexibility index (Phi) is 17.2. The second-order valence-electron chi connectivity index (χ2n) is 29.9. The molecule has 4 aromatic heterocycles. The minimum absolute atomic E-state index is 0.312. The van der Waals surface area contributed by atoms with Crippen LogP contribution in [0.3, 0.4) is 0 Å². The second-order valence-corrected chi connectivity index (χ2v) is 29.9. The van der Waals surface area contributed by atoms with Gasteiger partial charge in [0.15, 0.2) is 24.8 Å². The number of fused-ring (bicyclic) bond motifs is 3. The Morgan fingerprint density at radius 1 is 0.270 bits per heavy atom. The molecule has 6 bridgehead atoms. The smallest absolute Gasteiger partial charge is 0.201 e.